The van der Waals surface area contributed by atoms with Gasteiger partial charge in [0.05, 0.1) is 12.2 Å². The monoisotopic (exact) mass is 328 g/mol. The van der Waals surface area contributed by atoms with Gasteiger partial charge in [-0.2, -0.15) is 0 Å². The number of carbonyl (C=O) groups excluding carboxylic acids is 2. The Morgan fingerprint density at radius 2 is 2.05 bits per heavy atom. The van der Waals surface area contributed by atoms with Gasteiger partial charge in [-0.1, -0.05) is 29.3 Å². The fourth-order valence-corrected chi connectivity index (χ4v) is 1.76. The average Bonchev–Trinajstić information content (AvgIpc) is 2.36. The van der Waals surface area contributed by atoms with Crippen molar-refractivity contribution in [2.45, 2.75) is 26.7 Å². The molecule has 1 aromatic carbocycles. The van der Waals surface area contributed by atoms with E-state index in [0.717, 1.165) is 17.3 Å². The van der Waals surface area contributed by atoms with Crippen LogP contribution in [0.1, 0.15) is 37.0 Å². The minimum absolute atomic E-state index is 0.109. The van der Waals surface area contributed by atoms with Crippen molar-refractivity contribution in [2.75, 3.05) is 13.2 Å². The zero-order valence-electron chi connectivity index (χ0n) is 11.1. The molecule has 1 aromatic rings. The molecule has 5 heteroatoms. The van der Waals surface area contributed by atoms with E-state index in [1.807, 2.05) is 6.92 Å². The summed E-state index contributed by atoms with van der Waals surface area (Å²) in [5.41, 5.74) is 0.449. The van der Waals surface area contributed by atoms with Crippen LogP contribution in [0.5, 0.6) is 5.75 Å². The molecule has 0 amide bonds. The normalized spacial score (nSPS) is 10.1. The third-order valence-electron chi connectivity index (χ3n) is 2.43. The van der Waals surface area contributed by atoms with E-state index in [1.54, 1.807) is 18.2 Å². The number of halogens is 1. The van der Waals surface area contributed by atoms with E-state index in [9.17, 15) is 9.59 Å². The van der Waals surface area contributed by atoms with Crippen LogP contribution >= 0.6 is 15.9 Å². The third-order valence-corrected chi connectivity index (χ3v) is 2.92. The maximum atomic E-state index is 11.4. The Morgan fingerprint density at radius 1 is 1.32 bits per heavy atom. The lowest BCUT2D eigenvalue weighted by molar-refractivity contribution is -0.146. The molecule has 0 N–H and O–H groups in total. The van der Waals surface area contributed by atoms with E-state index in [2.05, 4.69) is 15.9 Å². The highest BCUT2D eigenvalue weighted by Gasteiger charge is 2.11. The van der Waals surface area contributed by atoms with Crippen molar-refractivity contribution in [3.8, 4) is 5.75 Å². The summed E-state index contributed by atoms with van der Waals surface area (Å²) in [7, 11) is 0. The lowest BCUT2D eigenvalue weighted by Crippen LogP contribution is -2.16. The number of Topliss-reactive ketones (excluding diaryl/α,β-unsaturated/α-hetero) is 1. The number of benzene rings is 1. The Hall–Kier alpha value is -1.36. The first kappa shape index (κ1) is 15.7. The van der Waals surface area contributed by atoms with Crippen molar-refractivity contribution >= 4 is 27.7 Å². The highest BCUT2D eigenvalue weighted by molar-refractivity contribution is 9.10. The molecule has 0 saturated heterocycles. The van der Waals surface area contributed by atoms with Crippen LogP contribution in [-0.4, -0.2) is 25.0 Å². The van der Waals surface area contributed by atoms with Gasteiger partial charge in [-0.05, 0) is 31.5 Å². The van der Waals surface area contributed by atoms with E-state index in [-0.39, 0.29) is 12.4 Å². The maximum absolute atomic E-state index is 11.4. The Kier molecular flexibility index (Phi) is 6.56. The number of ether oxygens (including phenoxy) is 2. The van der Waals surface area contributed by atoms with Crippen LogP contribution in [0.15, 0.2) is 22.7 Å². The van der Waals surface area contributed by atoms with Gasteiger partial charge in [-0.25, -0.2) is 4.79 Å². The Bertz CT molecular complexity index is 457. The van der Waals surface area contributed by atoms with Crippen LogP contribution < -0.4 is 4.74 Å². The van der Waals surface area contributed by atoms with Gasteiger partial charge in [-0.15, -0.1) is 0 Å². The van der Waals surface area contributed by atoms with Gasteiger partial charge in [0.2, 0.25) is 0 Å². The van der Waals surface area contributed by atoms with Crippen molar-refractivity contribution in [3.05, 3.63) is 28.2 Å². The summed E-state index contributed by atoms with van der Waals surface area (Å²) in [4.78, 5) is 22.8. The number of ketones is 1. The molecule has 0 spiro atoms. The van der Waals surface area contributed by atoms with Gasteiger partial charge in [0.1, 0.15) is 5.75 Å². The summed E-state index contributed by atoms with van der Waals surface area (Å²) in [6, 6.07) is 5.07. The van der Waals surface area contributed by atoms with E-state index >= 15 is 0 Å². The summed E-state index contributed by atoms with van der Waals surface area (Å²) < 4.78 is 11.1. The molecule has 0 bridgehead atoms. The second-order valence-corrected chi connectivity index (χ2v) is 4.98. The van der Waals surface area contributed by atoms with Gasteiger partial charge in [0.15, 0.2) is 12.4 Å². The largest absolute Gasteiger partial charge is 0.481 e. The molecule has 0 heterocycles. The van der Waals surface area contributed by atoms with Crippen LogP contribution in [0.4, 0.5) is 0 Å². The molecule has 0 saturated carbocycles. The predicted molar refractivity (Wildman–Crippen MR) is 75.5 cm³/mol. The summed E-state index contributed by atoms with van der Waals surface area (Å²) in [5, 5.41) is 0. The number of esters is 1. The number of rotatable bonds is 7. The summed E-state index contributed by atoms with van der Waals surface area (Å²) in [6.07, 6.45) is 1.80. The maximum Gasteiger partial charge on any atom is 0.344 e. The first-order valence-corrected chi connectivity index (χ1v) is 6.92. The molecular formula is C14H17BrO4. The van der Waals surface area contributed by atoms with Crippen molar-refractivity contribution in [3.63, 3.8) is 0 Å². The number of hydrogen-bond acceptors (Lipinski definition) is 4. The van der Waals surface area contributed by atoms with Crippen LogP contribution in [-0.2, 0) is 9.53 Å². The van der Waals surface area contributed by atoms with E-state index in [0.29, 0.717) is 17.9 Å². The van der Waals surface area contributed by atoms with Crippen LogP contribution in [0.2, 0.25) is 0 Å². The lowest BCUT2D eigenvalue weighted by atomic mass is 10.1. The fraction of sp³-hybridized carbons (Fsp3) is 0.429. The molecule has 0 aliphatic carbocycles. The predicted octanol–water partition coefficient (Wildman–Crippen LogP) is 3.37. The molecule has 1 rings (SSSR count). The van der Waals surface area contributed by atoms with Crippen molar-refractivity contribution in [1.82, 2.24) is 0 Å². The first-order valence-electron chi connectivity index (χ1n) is 6.13. The molecule has 0 aliphatic rings. The summed E-state index contributed by atoms with van der Waals surface area (Å²) in [5.74, 6) is -0.154. The van der Waals surface area contributed by atoms with Crippen molar-refractivity contribution in [2.24, 2.45) is 0 Å². The van der Waals surface area contributed by atoms with Crippen molar-refractivity contribution < 1.29 is 19.1 Å². The number of carbonyl (C=O) groups is 2. The van der Waals surface area contributed by atoms with E-state index < -0.39 is 5.97 Å². The molecular weight excluding hydrogens is 312 g/mol. The van der Waals surface area contributed by atoms with Gasteiger partial charge >= 0.3 is 5.97 Å². The zero-order chi connectivity index (χ0) is 14.3. The molecule has 0 radical (unpaired) electrons. The van der Waals surface area contributed by atoms with Crippen LogP contribution in [0.3, 0.4) is 0 Å². The second-order valence-electron chi connectivity index (χ2n) is 4.06. The SMILES string of the molecule is CCCCOC(=O)COc1cc(Br)ccc1C(C)=O. The number of hydrogen-bond donors (Lipinski definition) is 0. The minimum Gasteiger partial charge on any atom is -0.481 e. The standard InChI is InChI=1S/C14H17BrO4/c1-3-4-7-18-14(17)9-19-13-8-11(15)5-6-12(13)10(2)16/h5-6,8H,3-4,7,9H2,1-2H3. The topological polar surface area (TPSA) is 52.6 Å². The van der Waals surface area contributed by atoms with Crippen LogP contribution in [0, 0.1) is 0 Å². The van der Waals surface area contributed by atoms with Gasteiger partial charge < -0.3 is 9.47 Å². The highest BCUT2D eigenvalue weighted by atomic mass is 79.9. The van der Waals surface area contributed by atoms with Crippen LogP contribution in [0.25, 0.3) is 0 Å². The summed E-state index contributed by atoms with van der Waals surface area (Å²) >= 11 is 3.30. The molecule has 4 nitrogen and oxygen atoms in total. The Morgan fingerprint density at radius 3 is 2.68 bits per heavy atom. The first-order chi connectivity index (χ1) is 9.04. The zero-order valence-corrected chi connectivity index (χ0v) is 12.7. The lowest BCUT2D eigenvalue weighted by Gasteiger charge is -2.10. The molecule has 0 aliphatic heterocycles. The molecule has 0 unspecified atom stereocenters. The van der Waals surface area contributed by atoms with E-state index in [1.165, 1.54) is 6.92 Å². The van der Waals surface area contributed by atoms with Gasteiger partial charge in [0.25, 0.3) is 0 Å². The van der Waals surface area contributed by atoms with Gasteiger partial charge in [0, 0.05) is 4.47 Å². The quantitative estimate of drug-likeness (QED) is 0.437. The third kappa shape index (κ3) is 5.42. The second kappa shape index (κ2) is 7.94. The highest BCUT2D eigenvalue weighted by Crippen LogP contribution is 2.24. The molecule has 19 heavy (non-hydrogen) atoms. The summed E-state index contributed by atoms with van der Waals surface area (Å²) in [6.45, 7) is 3.68. The van der Waals surface area contributed by atoms with E-state index in [4.69, 9.17) is 9.47 Å². The van der Waals surface area contributed by atoms with Gasteiger partial charge in [-0.3, -0.25) is 4.79 Å². The molecule has 0 atom stereocenters. The Balaban J connectivity index is 2.59. The average molecular weight is 329 g/mol. The smallest absolute Gasteiger partial charge is 0.344 e. The Labute approximate surface area is 121 Å². The molecule has 104 valence electrons. The minimum atomic E-state index is -0.428. The molecule has 0 fully saturated rings. The molecule has 0 aromatic heterocycles. The number of unbranched alkanes of at least 4 members (excludes halogenated alkanes) is 1. The van der Waals surface area contributed by atoms with Crippen molar-refractivity contribution in [1.29, 1.82) is 0 Å². The fourth-order valence-electron chi connectivity index (χ4n) is 1.42.